The summed E-state index contributed by atoms with van der Waals surface area (Å²) < 4.78 is 24.1. The fourth-order valence-corrected chi connectivity index (χ4v) is 7.32. The molecule has 0 amide bonds. The van der Waals surface area contributed by atoms with Gasteiger partial charge in [0.2, 0.25) is 0 Å². The van der Waals surface area contributed by atoms with E-state index in [1.54, 1.807) is 49.2 Å². The molecule has 0 spiro atoms. The van der Waals surface area contributed by atoms with Crippen molar-refractivity contribution in [2.45, 2.75) is 0 Å². The van der Waals surface area contributed by atoms with Crippen LogP contribution in [0.15, 0.2) is 103 Å². The van der Waals surface area contributed by atoms with E-state index in [-0.39, 0.29) is 106 Å². The summed E-state index contributed by atoms with van der Waals surface area (Å²) in [6.07, 6.45) is 18.2. The summed E-state index contributed by atoms with van der Waals surface area (Å²) in [5.41, 5.74) is 0.529. The number of anilines is 3. The van der Waals surface area contributed by atoms with Crippen molar-refractivity contribution in [1.82, 2.24) is 104 Å². The molecule has 12 rings (SSSR count). The third-order valence-corrected chi connectivity index (χ3v) is 10.8. The first kappa shape index (κ1) is 61.0. The zero-order chi connectivity index (χ0) is 48.9. The zero-order valence-electron chi connectivity index (χ0n) is 40.0. The maximum absolute atomic E-state index is 12.5. The Hall–Kier alpha value is -4.88. The molecule has 0 saturated carbocycles. The number of H-pyrrole nitrogens is 2. The second-order valence-corrected chi connectivity index (χ2v) is 14.9. The van der Waals surface area contributed by atoms with Crippen LogP contribution in [0.4, 0.5) is 17.5 Å². The van der Waals surface area contributed by atoms with Crippen LogP contribution in [0.1, 0.15) is 0 Å². The molecule has 0 radical (unpaired) electrons. The molecule has 0 bridgehead atoms. The molecule has 75 heavy (non-hydrogen) atoms. The first-order valence-electron chi connectivity index (χ1n) is 21.5. The van der Waals surface area contributed by atoms with Crippen molar-refractivity contribution >= 4 is 78.7 Å². The molecule has 0 atom stereocenters. The summed E-state index contributed by atoms with van der Waals surface area (Å²) >= 11 is 4.24. The Morgan fingerprint density at radius 3 is 1.20 bits per heavy atom. The summed E-state index contributed by atoms with van der Waals surface area (Å²) in [7, 11) is 0. The molecule has 0 aliphatic carbocycles. The van der Waals surface area contributed by atoms with Crippen molar-refractivity contribution in [3.05, 3.63) is 114 Å². The molecule has 3 aliphatic rings. The molecule has 31 nitrogen and oxygen atoms in total. The number of nitrogens with zero attached hydrogens (tertiary/aromatic N) is 22. The fraction of sp³-hybridized carbons (Fsp3) is 0.308. The molecule has 3 aliphatic heterocycles. The number of hydrogen-bond donors (Lipinski definition) is 2. The van der Waals surface area contributed by atoms with Gasteiger partial charge in [-0.15, -0.1) is 39.3 Å². The minimum Gasteiger partial charge on any atom is -0.870 e. The van der Waals surface area contributed by atoms with E-state index in [2.05, 4.69) is 128 Å². The molecule has 36 heteroatoms. The zero-order valence-corrected chi connectivity index (χ0v) is 50.7. The predicted octanol–water partition coefficient (Wildman–Crippen LogP) is -5.88. The van der Waals surface area contributed by atoms with Gasteiger partial charge in [0.1, 0.15) is 36.4 Å². The minimum atomic E-state index is -0.317. The van der Waals surface area contributed by atoms with E-state index in [4.69, 9.17) is 14.2 Å². The van der Waals surface area contributed by atoms with Gasteiger partial charge in [0.15, 0.2) is 28.8 Å². The Balaban J connectivity index is 0.000000199. The van der Waals surface area contributed by atoms with Gasteiger partial charge in [-0.1, -0.05) is 15.6 Å². The molecular formula is C39H43I3N24Na2O7. The second-order valence-electron chi connectivity index (χ2n) is 14.9. The topological polar surface area (TPSA) is 353 Å². The Morgan fingerprint density at radius 2 is 0.840 bits per heavy atom. The number of hydrogen-bond acceptors (Lipinski definition) is 23. The minimum absolute atomic E-state index is 0. The summed E-state index contributed by atoms with van der Waals surface area (Å²) in [6, 6.07) is 5.29. The van der Waals surface area contributed by atoms with Crippen LogP contribution in [0, 0.1) is 0 Å². The van der Waals surface area contributed by atoms with Crippen molar-refractivity contribution in [1.29, 1.82) is 0 Å². The van der Waals surface area contributed by atoms with Crippen molar-refractivity contribution in [3.63, 3.8) is 0 Å². The third-order valence-electron chi connectivity index (χ3n) is 10.8. The molecule has 9 aromatic heterocycles. The maximum atomic E-state index is 12.5. The van der Waals surface area contributed by atoms with Gasteiger partial charge in [-0.2, -0.15) is 14.5 Å². The van der Waals surface area contributed by atoms with Crippen LogP contribution in [0.25, 0.3) is 34.5 Å². The van der Waals surface area contributed by atoms with E-state index in [1.165, 1.54) is 71.9 Å². The fourth-order valence-electron chi connectivity index (χ4n) is 7.32. The van der Waals surface area contributed by atoms with E-state index < -0.39 is 0 Å². The Bertz CT molecular complexity index is 3050. The van der Waals surface area contributed by atoms with Crippen LogP contribution < -0.4 is 90.0 Å². The summed E-state index contributed by atoms with van der Waals surface area (Å²) in [5, 5.41) is 44.9. The van der Waals surface area contributed by atoms with Crippen molar-refractivity contribution < 1.29 is 83.9 Å². The summed E-state index contributed by atoms with van der Waals surface area (Å²) in [6.45, 7) is 8.54. The monoisotopic (exact) mass is 1390 g/mol. The SMILES string of the molecule is I.II.O=c1c(-n2ccnn2)c[nH]n1-c1cc(N2CCOCC2)ncn1.O=c1c(-n2ccnn2)c[nH]n1-c1cc(N2CCOCC2)ncn1.[Na+].[Na+].[O-]c1c(-n2ccnn2)cnn1-c1cc(N2CCOCC2)ncn1.[OH-]. The van der Waals surface area contributed by atoms with Crippen LogP contribution in [0.3, 0.4) is 0 Å². The van der Waals surface area contributed by atoms with E-state index in [1.807, 2.05) is 0 Å². The van der Waals surface area contributed by atoms with Gasteiger partial charge in [0, 0.05) is 101 Å². The number of ether oxygens (including phenoxy) is 3. The van der Waals surface area contributed by atoms with Crippen molar-refractivity contribution in [3.8, 4) is 40.4 Å². The van der Waals surface area contributed by atoms with Gasteiger partial charge >= 0.3 is 59.1 Å². The summed E-state index contributed by atoms with van der Waals surface area (Å²) in [4.78, 5) is 56.6. The van der Waals surface area contributed by atoms with E-state index in [9.17, 15) is 14.7 Å². The molecule has 0 aromatic carbocycles. The molecule has 384 valence electrons. The maximum Gasteiger partial charge on any atom is 1.00 e. The third kappa shape index (κ3) is 14.8. The van der Waals surface area contributed by atoms with Crippen LogP contribution >= 0.6 is 61.2 Å². The van der Waals surface area contributed by atoms with Crippen LogP contribution in [0.2, 0.25) is 0 Å². The van der Waals surface area contributed by atoms with Crippen molar-refractivity contribution in [2.75, 3.05) is 93.6 Å². The average Bonchev–Trinajstić information content (AvgIpc) is 4.32. The van der Waals surface area contributed by atoms with Gasteiger partial charge < -0.3 is 39.5 Å². The van der Waals surface area contributed by atoms with Gasteiger partial charge in [-0.25, -0.2) is 48.6 Å². The van der Waals surface area contributed by atoms with Crippen LogP contribution in [0.5, 0.6) is 5.88 Å². The van der Waals surface area contributed by atoms with Crippen LogP contribution in [-0.2, 0) is 14.2 Å². The molecular weight excluding hydrogens is 1340 g/mol. The number of nitrogens with one attached hydrogen (secondary N) is 2. The molecule has 3 saturated heterocycles. The first-order chi connectivity index (χ1) is 35.0. The quantitative estimate of drug-likeness (QED) is 0.100. The first-order valence-corrected chi connectivity index (χ1v) is 27.8. The molecule has 3 N–H and O–H groups in total. The predicted molar refractivity (Wildman–Crippen MR) is 282 cm³/mol. The molecule has 0 unspecified atom stereocenters. The molecule has 12 heterocycles. The van der Waals surface area contributed by atoms with E-state index in [0.29, 0.717) is 74.2 Å². The average molecular weight is 1390 g/mol. The standard InChI is InChI=1S/3C13H14N8O2.I2.HI.2Na.H2O/c3*22-13-10(20-2-1-16-18-20)8-17-21(13)12-7-11(14-9-15-12)19-3-5-23-6-4-19;1-2;;;;/h1-2,7-9,22H,3-6H2;2*1-2,7-9,17H,3-6H2;;1H;;;1H2/q;;;;;2*+1;/p-2. The van der Waals surface area contributed by atoms with Crippen molar-refractivity contribution in [2.24, 2.45) is 0 Å². The smallest absolute Gasteiger partial charge is 0.870 e. The van der Waals surface area contributed by atoms with Gasteiger partial charge in [-0.3, -0.25) is 19.8 Å². The Labute approximate surface area is 509 Å². The summed E-state index contributed by atoms with van der Waals surface area (Å²) in [5.74, 6) is 3.32. The van der Waals surface area contributed by atoms with Crippen LogP contribution in [-0.4, -0.2) is 189 Å². The van der Waals surface area contributed by atoms with E-state index in [0.717, 1.165) is 56.7 Å². The Kier molecular flexibility index (Phi) is 24.5. The largest absolute Gasteiger partial charge is 1.00 e. The number of aromatic amines is 2. The number of morpholine rings is 3. The molecule has 3 fully saturated rings. The second kappa shape index (κ2) is 30.2. The van der Waals surface area contributed by atoms with Gasteiger partial charge in [0.25, 0.3) is 11.1 Å². The Morgan fingerprint density at radius 1 is 0.507 bits per heavy atom. The number of halogens is 3. The number of rotatable bonds is 9. The van der Waals surface area contributed by atoms with E-state index >= 15 is 0 Å². The van der Waals surface area contributed by atoms with Gasteiger partial charge in [-0.05, 0) is 0 Å². The van der Waals surface area contributed by atoms with Gasteiger partial charge in [0.05, 0.1) is 101 Å². The molecule has 9 aromatic rings. The normalized spacial score (nSPS) is 13.9. The number of aromatic nitrogens is 21.